The molecule has 16 heavy (non-hydrogen) atoms. The van der Waals surface area contributed by atoms with Crippen molar-refractivity contribution in [3.63, 3.8) is 0 Å². The van der Waals surface area contributed by atoms with Gasteiger partial charge in [-0.05, 0) is 6.42 Å². The average molecular weight is 257 g/mol. The van der Waals surface area contributed by atoms with Crippen LogP contribution in [0.2, 0.25) is 0 Å². The van der Waals surface area contributed by atoms with Crippen LogP contribution in [0.3, 0.4) is 0 Å². The Balaban J connectivity index is 2.54. The Hall–Kier alpha value is -0.990. The smallest absolute Gasteiger partial charge is 0.392 e. The molecule has 1 aliphatic heterocycles. The zero-order chi connectivity index (χ0) is 11.9. The summed E-state index contributed by atoms with van der Waals surface area (Å²) in [6.45, 7) is 2.10. The number of nitrogens with one attached hydrogen (secondary N) is 1. The maximum absolute atomic E-state index is 12.0. The summed E-state index contributed by atoms with van der Waals surface area (Å²) < 4.78 is 0.172. The van der Waals surface area contributed by atoms with Crippen LogP contribution in [-0.4, -0.2) is 32.3 Å². The molecule has 1 atom stereocenters. The van der Waals surface area contributed by atoms with Gasteiger partial charge in [0.15, 0.2) is 11.5 Å². The number of aromatic nitrogens is 2. The summed E-state index contributed by atoms with van der Waals surface area (Å²) in [5.41, 5.74) is 0.207. The van der Waals surface area contributed by atoms with Crippen molar-refractivity contribution in [3.05, 3.63) is 12.0 Å². The number of rotatable bonds is 2. The van der Waals surface area contributed by atoms with E-state index in [2.05, 4.69) is 9.97 Å². The average Bonchev–Trinajstić information content (AvgIpc) is 2.73. The van der Waals surface area contributed by atoms with Crippen molar-refractivity contribution < 1.29 is 13.5 Å². The molecule has 1 aliphatic rings. The number of hydrogen-bond acceptors (Lipinski definition) is 5. The Labute approximate surface area is 103 Å². The Bertz CT molecular complexity index is 461. The van der Waals surface area contributed by atoms with E-state index in [0.717, 1.165) is 4.31 Å². The Morgan fingerprint density at radius 3 is 2.88 bits per heavy atom. The van der Waals surface area contributed by atoms with E-state index in [0.29, 0.717) is 6.42 Å². The second kappa shape index (κ2) is 3.79. The molecule has 6 nitrogen and oxygen atoms in total. The van der Waals surface area contributed by atoms with Gasteiger partial charge in [-0.15, -0.1) is 0 Å². The summed E-state index contributed by atoms with van der Waals surface area (Å²) in [5.74, 6) is -0.296. The molecular weight excluding hydrogens is 248 g/mol. The molecule has 0 saturated heterocycles. The Morgan fingerprint density at radius 1 is 1.56 bits per heavy atom. The van der Waals surface area contributed by atoms with Crippen molar-refractivity contribution in [2.75, 3.05) is 10.8 Å². The maximum atomic E-state index is 12.0. The quantitative estimate of drug-likeness (QED) is 0.622. The van der Waals surface area contributed by atoms with Crippen LogP contribution >= 0.6 is 0 Å². The number of carbonyl (C=O) groups is 2. The topological polar surface area (TPSA) is 66.1 Å². The summed E-state index contributed by atoms with van der Waals surface area (Å²) in [4.78, 5) is 30.5. The van der Waals surface area contributed by atoms with Crippen LogP contribution in [0, 0.1) is 0 Å². The molecule has 0 bridgehead atoms. The van der Waals surface area contributed by atoms with Gasteiger partial charge in [-0.2, -0.15) is 0 Å². The minimum atomic E-state index is -0.741. The largest absolute Gasteiger partial charge is 0.651 e. The van der Waals surface area contributed by atoms with Crippen molar-refractivity contribution in [1.82, 2.24) is 9.97 Å². The molecule has 2 heterocycles. The third-order valence-corrected chi connectivity index (χ3v) is 3.21. The monoisotopic (exact) mass is 257 g/mol. The number of urea groups is 1. The normalized spacial score (nSPS) is 24.8. The van der Waals surface area contributed by atoms with Crippen LogP contribution in [0.25, 0.3) is 0 Å². The highest BCUT2D eigenvalue weighted by Crippen LogP contribution is 2.29. The van der Waals surface area contributed by atoms with E-state index in [1.54, 1.807) is 0 Å². The summed E-state index contributed by atoms with van der Waals surface area (Å²) in [6, 6.07) is -0.601. The molecule has 1 aromatic rings. The lowest BCUT2D eigenvalue weighted by molar-refractivity contribution is -0.616. The third-order valence-electron chi connectivity index (χ3n) is 2.37. The highest BCUT2D eigenvalue weighted by molar-refractivity contribution is 7.62. The second-order valence-electron chi connectivity index (χ2n) is 3.45. The summed E-state index contributed by atoms with van der Waals surface area (Å²) in [6.07, 6.45) is 1.94. The molecule has 0 radical (unpaired) electrons. The van der Waals surface area contributed by atoms with Crippen LogP contribution in [-0.2, 0) is 25.6 Å². The first-order valence-corrected chi connectivity index (χ1v) is 5.44. The molecule has 0 spiro atoms. The molecule has 1 unspecified atom stereocenters. The number of hydrogen-bond donors (Lipinski definition) is 1. The van der Waals surface area contributed by atoms with Crippen molar-refractivity contribution in [1.29, 1.82) is 0 Å². The summed E-state index contributed by atoms with van der Waals surface area (Å²) in [7, 11) is 0. The zero-order valence-corrected chi connectivity index (χ0v) is 10.1. The van der Waals surface area contributed by atoms with Crippen LogP contribution in [0.5, 0.6) is 0 Å². The fourth-order valence-corrected chi connectivity index (χ4v) is 2.30. The number of imide groups is 1. The van der Waals surface area contributed by atoms with Crippen LogP contribution in [0.15, 0.2) is 6.33 Å². The second-order valence-corrected chi connectivity index (χ2v) is 4.44. The van der Waals surface area contributed by atoms with E-state index in [1.807, 2.05) is 6.92 Å². The highest BCUT2D eigenvalue weighted by atomic mass is 32.1. The summed E-state index contributed by atoms with van der Waals surface area (Å²) >= 11 is 10.0. The first-order valence-electron chi connectivity index (χ1n) is 4.71. The molecule has 1 N–H and O–H groups in total. The molecule has 8 heteroatoms. The van der Waals surface area contributed by atoms with E-state index >= 15 is 0 Å². The fourth-order valence-electron chi connectivity index (χ4n) is 1.62. The van der Waals surface area contributed by atoms with Crippen molar-refractivity contribution in [3.8, 4) is 0 Å². The van der Waals surface area contributed by atoms with Crippen molar-refractivity contribution in [2.45, 2.75) is 13.3 Å². The molecule has 0 aliphatic carbocycles. The van der Waals surface area contributed by atoms with Gasteiger partial charge in [-0.3, -0.25) is 3.89 Å². The van der Waals surface area contributed by atoms with E-state index < -0.39 is 15.8 Å². The van der Waals surface area contributed by atoms with Crippen molar-refractivity contribution in [2.24, 2.45) is 0 Å². The molecule has 2 rings (SSSR count). The minimum absolute atomic E-state index is 0.166. The first kappa shape index (κ1) is 11.5. The number of H-pyrrole nitrogens is 1. The Kier molecular flexibility index (Phi) is 2.72. The standard InChI is InChI=1S/C8H9N4O2S2/c1-2-3-12(16)7(13)5-6(10-4-9-5)11(15)8(12)14/h4H,2-3H2,1H3,(H,9,10)/q-1. The predicted molar refractivity (Wildman–Crippen MR) is 60.9 cm³/mol. The van der Waals surface area contributed by atoms with Gasteiger partial charge in [0.25, 0.3) is 0 Å². The number of aromatic amines is 1. The fraction of sp³-hybridized carbons (Fsp3) is 0.375. The van der Waals surface area contributed by atoms with Gasteiger partial charge < -0.3 is 34.9 Å². The summed E-state index contributed by atoms with van der Waals surface area (Å²) in [5, 5.41) is 0. The number of quaternary nitrogens is 1. The minimum Gasteiger partial charge on any atom is -0.651 e. The zero-order valence-electron chi connectivity index (χ0n) is 8.47. The van der Waals surface area contributed by atoms with Gasteiger partial charge in [-0.1, -0.05) is 6.92 Å². The molecule has 0 aromatic carbocycles. The van der Waals surface area contributed by atoms with E-state index in [9.17, 15) is 9.59 Å². The van der Waals surface area contributed by atoms with Gasteiger partial charge in [0, 0.05) is 0 Å². The van der Waals surface area contributed by atoms with Gasteiger partial charge >= 0.3 is 11.9 Å². The van der Waals surface area contributed by atoms with Gasteiger partial charge in [0.2, 0.25) is 0 Å². The van der Waals surface area contributed by atoms with Gasteiger partial charge in [0.05, 0.1) is 12.9 Å². The number of fused-ring (bicyclic) bond motifs is 1. The van der Waals surface area contributed by atoms with Crippen LogP contribution < -0.4 is 4.31 Å². The molecular formula is C8H9N4O2S2-. The molecule has 0 saturated carbocycles. The van der Waals surface area contributed by atoms with E-state index in [1.165, 1.54) is 6.33 Å². The number of anilines is 1. The van der Waals surface area contributed by atoms with E-state index in [4.69, 9.17) is 25.6 Å². The Morgan fingerprint density at radius 2 is 2.25 bits per heavy atom. The third kappa shape index (κ3) is 1.37. The first-order chi connectivity index (χ1) is 7.52. The number of nitrogens with zero attached hydrogens (tertiary/aromatic N) is 3. The van der Waals surface area contributed by atoms with E-state index in [-0.39, 0.29) is 18.1 Å². The van der Waals surface area contributed by atoms with Crippen LogP contribution in [0.1, 0.15) is 23.8 Å². The lowest BCUT2D eigenvalue weighted by atomic mass is 10.3. The molecule has 3 amide bonds. The maximum Gasteiger partial charge on any atom is 0.392 e. The van der Waals surface area contributed by atoms with Crippen LogP contribution in [0.4, 0.5) is 10.6 Å². The number of carbonyl (C=O) groups excluding carboxylic acids is 2. The van der Waals surface area contributed by atoms with Gasteiger partial charge in [0.1, 0.15) is 0 Å². The lowest BCUT2D eigenvalue weighted by Crippen LogP contribution is -2.60. The molecule has 86 valence electrons. The van der Waals surface area contributed by atoms with Gasteiger partial charge in [-0.25, -0.2) is 14.6 Å². The van der Waals surface area contributed by atoms with Crippen molar-refractivity contribution >= 4 is 43.4 Å². The predicted octanol–water partition coefficient (Wildman–Crippen LogP) is 0.641. The number of imidazole rings is 1. The number of amides is 3. The molecule has 0 fully saturated rings. The lowest BCUT2D eigenvalue weighted by Gasteiger charge is -2.46. The highest BCUT2D eigenvalue weighted by Gasteiger charge is 2.43. The SMILES string of the molecule is CCC[N+]1([S-])C(=O)c2[nH]cnc2N([S-])C1=O. The molecule has 1 aromatic heterocycles.